The Morgan fingerprint density at radius 1 is 1.21 bits per heavy atom. The van der Waals surface area contributed by atoms with Gasteiger partial charge in [0.1, 0.15) is 5.92 Å². The predicted molar refractivity (Wildman–Crippen MR) is 137 cm³/mol. The minimum atomic E-state index is -4.59. The molecule has 1 fully saturated rings. The summed E-state index contributed by atoms with van der Waals surface area (Å²) < 4.78 is 39.9. The van der Waals surface area contributed by atoms with Crippen molar-refractivity contribution in [2.24, 2.45) is 11.3 Å². The van der Waals surface area contributed by atoms with Crippen LogP contribution in [-0.2, 0) is 11.3 Å². The van der Waals surface area contributed by atoms with Crippen molar-refractivity contribution >= 4 is 11.8 Å². The first-order valence-corrected chi connectivity index (χ1v) is 12.1. The molecule has 7 nitrogen and oxygen atoms in total. The number of hydrogen-bond donors (Lipinski definition) is 1. The van der Waals surface area contributed by atoms with E-state index >= 15 is 0 Å². The molecule has 0 unspecified atom stereocenters. The Morgan fingerprint density at radius 2 is 1.84 bits per heavy atom. The van der Waals surface area contributed by atoms with Gasteiger partial charge in [0.05, 0.1) is 24.1 Å². The van der Waals surface area contributed by atoms with Crippen LogP contribution in [0.1, 0.15) is 37.0 Å². The fourth-order valence-corrected chi connectivity index (χ4v) is 4.76. The molecule has 1 N–H and O–H groups in total. The summed E-state index contributed by atoms with van der Waals surface area (Å²) in [7, 11) is 3.19. The van der Waals surface area contributed by atoms with E-state index in [1.54, 1.807) is 52.2 Å². The van der Waals surface area contributed by atoms with E-state index in [0.717, 1.165) is 0 Å². The van der Waals surface area contributed by atoms with Crippen molar-refractivity contribution in [1.82, 2.24) is 14.4 Å². The predicted octanol–water partition coefficient (Wildman–Crippen LogP) is 3.41. The molecular weight excluding hydrogens is 499 g/mol. The molecule has 0 aliphatic carbocycles. The SMILES string of the molecule is C#C[C@H](CC(F)(F)F)C(=O)N1CC[C@@](O)(Cn2cc(C(=O)N(C)C)c(-c3ccccc3)cc2=O)C(C)(C)C1. The van der Waals surface area contributed by atoms with Crippen molar-refractivity contribution in [2.75, 3.05) is 27.2 Å². The number of benzene rings is 1. The molecule has 2 amide bonds. The van der Waals surface area contributed by atoms with Gasteiger partial charge in [0, 0.05) is 50.4 Å². The van der Waals surface area contributed by atoms with Crippen molar-refractivity contribution in [3.63, 3.8) is 0 Å². The number of nitrogens with zero attached hydrogens (tertiary/aromatic N) is 3. The van der Waals surface area contributed by atoms with Gasteiger partial charge in [-0.05, 0) is 12.0 Å². The standard InChI is InChI=1S/C28H32F3N3O4/c1-6-19(15-28(29,30)31)24(36)33-13-12-27(38,26(2,3)17-33)18-34-16-22(25(37)32(4)5)21(14-23(34)35)20-10-8-7-9-11-20/h1,7-11,14,16,19,38H,12-13,15,17-18H2,2-5H3/t19-,27-/m1/s1. The van der Waals surface area contributed by atoms with E-state index in [4.69, 9.17) is 6.42 Å². The van der Waals surface area contributed by atoms with Crippen LogP contribution in [0.2, 0.25) is 0 Å². The number of carbonyl (C=O) groups is 2. The maximum absolute atomic E-state index is 13.2. The summed E-state index contributed by atoms with van der Waals surface area (Å²) in [6.07, 6.45) is 0.640. The van der Waals surface area contributed by atoms with Crippen molar-refractivity contribution < 1.29 is 27.9 Å². The topological polar surface area (TPSA) is 82.8 Å². The number of aromatic nitrogens is 1. The molecule has 2 aromatic rings. The number of likely N-dealkylation sites (tertiary alicyclic amines) is 1. The van der Waals surface area contributed by atoms with Gasteiger partial charge in [-0.2, -0.15) is 13.2 Å². The molecule has 2 heterocycles. The first kappa shape index (κ1) is 29.0. The zero-order valence-corrected chi connectivity index (χ0v) is 21.9. The number of alkyl halides is 3. The van der Waals surface area contributed by atoms with Crippen LogP contribution in [0.3, 0.4) is 0 Å². The molecule has 1 aromatic carbocycles. The van der Waals surface area contributed by atoms with Gasteiger partial charge in [-0.3, -0.25) is 14.4 Å². The maximum atomic E-state index is 13.2. The quantitative estimate of drug-likeness (QED) is 0.580. The first-order valence-electron chi connectivity index (χ1n) is 12.1. The molecule has 1 aliphatic rings. The van der Waals surface area contributed by atoms with Crippen molar-refractivity contribution in [2.45, 2.75) is 45.0 Å². The van der Waals surface area contributed by atoms with Gasteiger partial charge in [-0.1, -0.05) is 50.1 Å². The second kappa shape index (κ2) is 10.7. The Bertz CT molecular complexity index is 1300. The van der Waals surface area contributed by atoms with E-state index in [9.17, 15) is 32.7 Å². The molecule has 10 heteroatoms. The monoisotopic (exact) mass is 531 g/mol. The largest absolute Gasteiger partial charge is 0.390 e. The molecule has 1 aliphatic heterocycles. The molecule has 0 spiro atoms. The second-order valence-electron chi connectivity index (χ2n) is 10.6. The van der Waals surface area contributed by atoms with E-state index in [1.807, 2.05) is 12.0 Å². The second-order valence-corrected chi connectivity index (χ2v) is 10.6. The highest BCUT2D eigenvalue weighted by atomic mass is 19.4. The highest BCUT2D eigenvalue weighted by molar-refractivity contribution is 6.00. The Hall–Kier alpha value is -3.58. The number of pyridine rings is 1. The van der Waals surface area contributed by atoms with Gasteiger partial charge in [0.15, 0.2) is 0 Å². The number of carbonyl (C=O) groups excluding carboxylic acids is 2. The Balaban J connectivity index is 1.92. The van der Waals surface area contributed by atoms with E-state index in [-0.39, 0.29) is 37.5 Å². The zero-order valence-electron chi connectivity index (χ0n) is 21.9. The minimum absolute atomic E-state index is 0.00110. The van der Waals surface area contributed by atoms with Crippen LogP contribution in [-0.4, -0.2) is 70.3 Å². The van der Waals surface area contributed by atoms with Gasteiger partial charge in [0.25, 0.3) is 11.5 Å². The fourth-order valence-electron chi connectivity index (χ4n) is 4.76. The third-order valence-corrected chi connectivity index (χ3v) is 7.17. The third-order valence-electron chi connectivity index (χ3n) is 7.17. The van der Waals surface area contributed by atoms with Crippen molar-refractivity contribution in [3.05, 3.63) is 58.5 Å². The minimum Gasteiger partial charge on any atom is -0.387 e. The average Bonchev–Trinajstić information content (AvgIpc) is 2.84. The molecule has 0 bridgehead atoms. The molecule has 1 saturated heterocycles. The Labute approximate surface area is 219 Å². The number of piperidine rings is 1. The van der Waals surface area contributed by atoms with Crippen LogP contribution in [0.4, 0.5) is 13.2 Å². The van der Waals surface area contributed by atoms with Crippen LogP contribution >= 0.6 is 0 Å². The van der Waals surface area contributed by atoms with Crippen molar-refractivity contribution in [3.8, 4) is 23.5 Å². The average molecular weight is 532 g/mol. The Kier molecular flexibility index (Phi) is 8.13. The summed E-state index contributed by atoms with van der Waals surface area (Å²) in [6.45, 7) is 3.09. The molecule has 0 saturated carbocycles. The molecule has 2 atom stereocenters. The lowest BCUT2D eigenvalue weighted by atomic mass is 9.69. The summed E-state index contributed by atoms with van der Waals surface area (Å²) in [5, 5.41) is 11.7. The van der Waals surface area contributed by atoms with Crippen LogP contribution in [0.15, 0.2) is 47.4 Å². The lowest BCUT2D eigenvalue weighted by molar-refractivity contribution is -0.166. The summed E-state index contributed by atoms with van der Waals surface area (Å²) in [5.41, 5.74) is -1.52. The fraction of sp³-hybridized carbons (Fsp3) is 0.464. The van der Waals surface area contributed by atoms with E-state index in [2.05, 4.69) is 0 Å². The van der Waals surface area contributed by atoms with E-state index < -0.39 is 41.0 Å². The lowest BCUT2D eigenvalue weighted by Crippen LogP contribution is -2.61. The molecule has 204 valence electrons. The summed E-state index contributed by atoms with van der Waals surface area (Å²) >= 11 is 0. The normalized spacial score (nSPS) is 19.9. The number of hydrogen-bond acceptors (Lipinski definition) is 4. The van der Waals surface area contributed by atoms with Gasteiger partial charge in [0.2, 0.25) is 5.91 Å². The van der Waals surface area contributed by atoms with Crippen LogP contribution in [0.5, 0.6) is 0 Å². The van der Waals surface area contributed by atoms with Crippen LogP contribution in [0.25, 0.3) is 11.1 Å². The number of halogens is 3. The van der Waals surface area contributed by atoms with E-state index in [1.165, 1.54) is 26.6 Å². The first-order chi connectivity index (χ1) is 17.6. The molecule has 1 aromatic heterocycles. The molecule has 38 heavy (non-hydrogen) atoms. The van der Waals surface area contributed by atoms with Crippen LogP contribution in [0, 0.1) is 23.7 Å². The van der Waals surface area contributed by atoms with Gasteiger partial charge in [-0.15, -0.1) is 6.42 Å². The summed E-state index contributed by atoms with van der Waals surface area (Å²) in [5.74, 6) is -0.849. The lowest BCUT2D eigenvalue weighted by Gasteiger charge is -2.50. The van der Waals surface area contributed by atoms with Gasteiger partial charge >= 0.3 is 6.18 Å². The Morgan fingerprint density at radius 3 is 2.37 bits per heavy atom. The number of amides is 2. The highest BCUT2D eigenvalue weighted by Gasteiger charge is 2.50. The van der Waals surface area contributed by atoms with E-state index in [0.29, 0.717) is 11.1 Å². The molecule has 0 radical (unpaired) electrons. The smallest absolute Gasteiger partial charge is 0.387 e. The highest BCUT2D eigenvalue weighted by Crippen LogP contribution is 2.41. The van der Waals surface area contributed by atoms with Gasteiger partial charge in [-0.25, -0.2) is 0 Å². The third kappa shape index (κ3) is 6.10. The number of rotatable bonds is 6. The zero-order chi connectivity index (χ0) is 28.5. The maximum Gasteiger partial charge on any atom is 0.390 e. The van der Waals surface area contributed by atoms with Crippen LogP contribution < -0.4 is 5.56 Å². The number of aliphatic hydroxyl groups is 1. The van der Waals surface area contributed by atoms with Crippen molar-refractivity contribution in [1.29, 1.82) is 0 Å². The molecular formula is C28H32F3N3O4. The summed E-state index contributed by atoms with van der Waals surface area (Å²) in [4.78, 5) is 41.6. The molecule has 3 rings (SSSR count). The number of terminal acetylenes is 1. The summed E-state index contributed by atoms with van der Waals surface area (Å²) in [6, 6.07) is 10.3. The van der Waals surface area contributed by atoms with Gasteiger partial charge < -0.3 is 19.5 Å².